The summed E-state index contributed by atoms with van der Waals surface area (Å²) in [5, 5.41) is 0. The lowest BCUT2D eigenvalue weighted by Crippen LogP contribution is -2.34. The van der Waals surface area contributed by atoms with Crippen LogP contribution in [0.25, 0.3) is 0 Å². The molecule has 148 valence electrons. The molecule has 28 heavy (non-hydrogen) atoms. The van der Waals surface area contributed by atoms with Crippen molar-refractivity contribution in [1.29, 1.82) is 0 Å². The highest BCUT2D eigenvalue weighted by Gasteiger charge is 2.43. The molecule has 0 spiro atoms. The second-order valence-electron chi connectivity index (χ2n) is 8.21. The van der Waals surface area contributed by atoms with E-state index in [0.29, 0.717) is 12.1 Å². The average Bonchev–Trinajstić information content (AvgIpc) is 3.46. The average molecular weight is 402 g/mol. The Kier molecular flexibility index (Phi) is 4.55. The molecule has 0 bridgehead atoms. The monoisotopic (exact) mass is 402 g/mol. The van der Waals surface area contributed by atoms with Crippen LogP contribution in [0.5, 0.6) is 0 Å². The van der Waals surface area contributed by atoms with Crippen LogP contribution < -0.4 is 9.62 Å². The van der Waals surface area contributed by atoms with Crippen LogP contribution in [0.3, 0.4) is 0 Å². The summed E-state index contributed by atoms with van der Waals surface area (Å²) in [5.74, 6) is -0.114. The first-order valence-corrected chi connectivity index (χ1v) is 10.9. The Balaban J connectivity index is 1.58. The summed E-state index contributed by atoms with van der Waals surface area (Å²) in [7, 11) is -3.73. The maximum absolute atomic E-state index is 13.0. The molecule has 0 unspecified atom stereocenters. The van der Waals surface area contributed by atoms with Gasteiger partial charge < -0.3 is 4.90 Å². The Bertz CT molecular complexity index is 1030. The van der Waals surface area contributed by atoms with Crippen molar-refractivity contribution >= 4 is 21.6 Å². The number of halogens is 1. The molecule has 2 aliphatic rings. The van der Waals surface area contributed by atoms with Crippen LogP contribution in [0.2, 0.25) is 0 Å². The van der Waals surface area contributed by atoms with E-state index in [4.69, 9.17) is 0 Å². The molecule has 1 aliphatic heterocycles. The first-order valence-electron chi connectivity index (χ1n) is 9.37. The van der Waals surface area contributed by atoms with Gasteiger partial charge in [-0.25, -0.2) is 17.5 Å². The summed E-state index contributed by atoms with van der Waals surface area (Å²) in [4.78, 5) is 14.6. The zero-order valence-corrected chi connectivity index (χ0v) is 16.7. The van der Waals surface area contributed by atoms with Crippen molar-refractivity contribution < 1.29 is 17.6 Å². The van der Waals surface area contributed by atoms with Crippen LogP contribution in [0.15, 0.2) is 47.4 Å². The van der Waals surface area contributed by atoms with Gasteiger partial charge in [0.05, 0.1) is 4.90 Å². The SMILES string of the molecule is CC1(C)CN(C(=O)C2CC2)c2ccc(S(=O)(=O)NCc3ccc(F)cc3)cc21. The van der Waals surface area contributed by atoms with E-state index in [9.17, 15) is 17.6 Å². The van der Waals surface area contributed by atoms with E-state index in [1.54, 1.807) is 35.2 Å². The number of anilines is 1. The van der Waals surface area contributed by atoms with Gasteiger partial charge in [-0.15, -0.1) is 0 Å². The minimum absolute atomic E-state index is 0.0788. The summed E-state index contributed by atoms with van der Waals surface area (Å²) in [6, 6.07) is 10.6. The molecular weight excluding hydrogens is 379 g/mol. The first-order chi connectivity index (χ1) is 13.2. The molecule has 1 heterocycles. The Morgan fingerprint density at radius 2 is 1.86 bits per heavy atom. The number of hydrogen-bond acceptors (Lipinski definition) is 3. The summed E-state index contributed by atoms with van der Waals surface area (Å²) < 4.78 is 41.1. The van der Waals surface area contributed by atoms with Crippen LogP contribution in [-0.4, -0.2) is 20.9 Å². The highest BCUT2D eigenvalue weighted by molar-refractivity contribution is 7.89. The second-order valence-corrected chi connectivity index (χ2v) is 9.98. The van der Waals surface area contributed by atoms with Crippen molar-refractivity contribution in [3.8, 4) is 0 Å². The lowest BCUT2D eigenvalue weighted by atomic mass is 9.87. The maximum Gasteiger partial charge on any atom is 0.240 e. The molecule has 1 aliphatic carbocycles. The second kappa shape index (κ2) is 6.67. The van der Waals surface area contributed by atoms with Gasteiger partial charge in [0.15, 0.2) is 0 Å². The zero-order chi connectivity index (χ0) is 20.1. The molecule has 0 radical (unpaired) electrons. The van der Waals surface area contributed by atoms with Gasteiger partial charge in [0.25, 0.3) is 0 Å². The van der Waals surface area contributed by atoms with E-state index in [1.165, 1.54) is 12.1 Å². The molecule has 0 aromatic heterocycles. The van der Waals surface area contributed by atoms with E-state index in [1.807, 2.05) is 13.8 Å². The highest BCUT2D eigenvalue weighted by Crippen LogP contribution is 2.44. The number of carbonyl (C=O) groups is 1. The van der Waals surface area contributed by atoms with Gasteiger partial charge in [0.2, 0.25) is 15.9 Å². The van der Waals surface area contributed by atoms with E-state index >= 15 is 0 Å². The standard InChI is InChI=1S/C21H23FN2O3S/c1-21(2)13-24(20(25)15-5-6-15)19-10-9-17(11-18(19)21)28(26,27)23-12-14-3-7-16(22)8-4-14/h3-4,7-11,15,23H,5-6,12-13H2,1-2H3. The maximum atomic E-state index is 13.0. The van der Waals surface area contributed by atoms with Gasteiger partial charge in [0, 0.05) is 30.1 Å². The molecule has 2 aromatic carbocycles. The number of sulfonamides is 1. The smallest absolute Gasteiger partial charge is 0.240 e. The normalized spacial score (nSPS) is 18.2. The summed E-state index contributed by atoms with van der Waals surface area (Å²) in [6.07, 6.45) is 1.87. The third-order valence-corrected chi connectivity index (χ3v) is 6.82. The predicted molar refractivity (Wildman–Crippen MR) is 105 cm³/mol. The molecule has 7 heteroatoms. The predicted octanol–water partition coefficient (Wildman–Crippen LogP) is 3.34. The number of carbonyl (C=O) groups excluding carboxylic acids is 1. The van der Waals surface area contributed by atoms with Crippen molar-refractivity contribution in [3.63, 3.8) is 0 Å². The molecule has 1 saturated carbocycles. The third kappa shape index (κ3) is 3.56. The Hall–Kier alpha value is -2.25. The number of rotatable bonds is 5. The van der Waals surface area contributed by atoms with Gasteiger partial charge in [-0.2, -0.15) is 0 Å². The van der Waals surface area contributed by atoms with Crippen molar-refractivity contribution in [1.82, 2.24) is 4.72 Å². The molecule has 0 saturated heterocycles. The van der Waals surface area contributed by atoms with Crippen LogP contribution in [0.1, 0.15) is 37.8 Å². The van der Waals surface area contributed by atoms with Crippen LogP contribution in [0.4, 0.5) is 10.1 Å². The largest absolute Gasteiger partial charge is 0.311 e. The van der Waals surface area contributed by atoms with E-state index in [2.05, 4.69) is 4.72 Å². The fraction of sp³-hybridized carbons (Fsp3) is 0.381. The Morgan fingerprint density at radius 1 is 1.18 bits per heavy atom. The zero-order valence-electron chi connectivity index (χ0n) is 15.9. The van der Waals surface area contributed by atoms with Gasteiger partial charge in [0.1, 0.15) is 5.82 Å². The number of nitrogens with zero attached hydrogens (tertiary/aromatic N) is 1. The number of nitrogens with one attached hydrogen (secondary N) is 1. The van der Waals surface area contributed by atoms with E-state index in [0.717, 1.165) is 24.1 Å². The molecule has 1 fully saturated rings. The summed E-state index contributed by atoms with van der Waals surface area (Å²) in [5.41, 5.74) is 2.03. The topological polar surface area (TPSA) is 66.5 Å². The van der Waals surface area contributed by atoms with E-state index in [-0.39, 0.29) is 34.5 Å². The van der Waals surface area contributed by atoms with Crippen molar-refractivity contribution in [3.05, 3.63) is 59.4 Å². The van der Waals surface area contributed by atoms with Crippen molar-refractivity contribution in [2.75, 3.05) is 11.4 Å². The highest BCUT2D eigenvalue weighted by atomic mass is 32.2. The summed E-state index contributed by atoms with van der Waals surface area (Å²) >= 11 is 0. The Morgan fingerprint density at radius 3 is 2.50 bits per heavy atom. The van der Waals surface area contributed by atoms with Crippen LogP contribution in [0, 0.1) is 11.7 Å². The molecule has 4 rings (SSSR count). The molecule has 2 aromatic rings. The molecule has 5 nitrogen and oxygen atoms in total. The number of hydrogen-bond donors (Lipinski definition) is 1. The van der Waals surface area contributed by atoms with Gasteiger partial charge >= 0.3 is 0 Å². The lowest BCUT2D eigenvalue weighted by Gasteiger charge is -2.20. The lowest BCUT2D eigenvalue weighted by molar-refractivity contribution is -0.119. The molecule has 0 atom stereocenters. The fourth-order valence-corrected chi connectivity index (χ4v) is 4.68. The van der Waals surface area contributed by atoms with Crippen molar-refractivity contribution in [2.45, 2.75) is 43.5 Å². The number of fused-ring (bicyclic) bond motifs is 1. The first kappa shape index (κ1) is 19.1. The summed E-state index contributed by atoms with van der Waals surface area (Å²) in [6.45, 7) is 4.68. The number of benzene rings is 2. The van der Waals surface area contributed by atoms with E-state index < -0.39 is 10.0 Å². The molecule has 1 N–H and O–H groups in total. The van der Waals surface area contributed by atoms with Gasteiger partial charge in [-0.05, 0) is 54.3 Å². The van der Waals surface area contributed by atoms with Crippen LogP contribution >= 0.6 is 0 Å². The van der Waals surface area contributed by atoms with Gasteiger partial charge in [-0.1, -0.05) is 26.0 Å². The fourth-order valence-electron chi connectivity index (χ4n) is 3.64. The number of amides is 1. The third-order valence-electron chi connectivity index (χ3n) is 5.42. The van der Waals surface area contributed by atoms with Crippen LogP contribution in [-0.2, 0) is 26.8 Å². The Labute approximate surface area is 164 Å². The van der Waals surface area contributed by atoms with Gasteiger partial charge in [-0.3, -0.25) is 4.79 Å². The van der Waals surface area contributed by atoms with Crippen molar-refractivity contribution in [2.24, 2.45) is 5.92 Å². The quantitative estimate of drug-likeness (QED) is 0.834. The minimum Gasteiger partial charge on any atom is -0.311 e. The molecule has 1 amide bonds. The minimum atomic E-state index is -3.73. The molecular formula is C21H23FN2O3S.